The normalized spacial score (nSPS) is 22.0. The van der Waals surface area contributed by atoms with Gasteiger partial charge in [0.05, 0.1) is 11.3 Å². The van der Waals surface area contributed by atoms with Crippen molar-refractivity contribution in [3.05, 3.63) is 29.8 Å². The maximum atomic E-state index is 12.8. The Labute approximate surface area is 125 Å². The summed E-state index contributed by atoms with van der Waals surface area (Å²) < 4.78 is 0. The first-order chi connectivity index (χ1) is 10.1. The van der Waals surface area contributed by atoms with Crippen LogP contribution in [0.15, 0.2) is 24.3 Å². The number of carbonyl (C=O) groups is 2. The van der Waals surface area contributed by atoms with Gasteiger partial charge >= 0.3 is 0 Å². The third kappa shape index (κ3) is 2.80. The van der Waals surface area contributed by atoms with Gasteiger partial charge in [-0.15, -0.1) is 0 Å². The fraction of sp³-hybridized carbons (Fsp3) is 0.529. The molecule has 0 bridgehead atoms. The van der Waals surface area contributed by atoms with Crippen LogP contribution < -0.4 is 10.2 Å². The number of anilines is 1. The van der Waals surface area contributed by atoms with Crippen molar-refractivity contribution in [2.45, 2.75) is 39.2 Å². The Kier molecular flexibility index (Phi) is 3.70. The molecule has 2 amide bonds. The number of hydrogen-bond acceptors (Lipinski definition) is 2. The van der Waals surface area contributed by atoms with Gasteiger partial charge in [-0.05, 0) is 30.4 Å². The van der Waals surface area contributed by atoms with Crippen LogP contribution in [0.25, 0.3) is 0 Å². The molecule has 4 nitrogen and oxygen atoms in total. The molecule has 1 aliphatic carbocycles. The smallest absolute Gasteiger partial charge is 0.254 e. The van der Waals surface area contributed by atoms with Crippen molar-refractivity contribution < 1.29 is 9.59 Å². The highest BCUT2D eigenvalue weighted by Crippen LogP contribution is 2.34. The van der Waals surface area contributed by atoms with Crippen LogP contribution in [0.3, 0.4) is 0 Å². The number of hydrogen-bond donors (Lipinski definition) is 1. The molecule has 1 heterocycles. The third-order valence-electron chi connectivity index (χ3n) is 4.38. The standard InChI is InChI=1S/C17H22N2O2/c1-11(2)15-17(21)19(10-9-12-7-8-12)14-6-4-3-5-13(14)16(20)18-15/h3-6,11-12,15H,7-10H2,1-2H3,(H,18,20). The molecule has 2 aliphatic rings. The van der Waals surface area contributed by atoms with E-state index in [4.69, 9.17) is 0 Å². The average molecular weight is 286 g/mol. The average Bonchev–Trinajstić information content (AvgIpc) is 3.28. The first kappa shape index (κ1) is 14.1. The van der Waals surface area contributed by atoms with Gasteiger partial charge < -0.3 is 10.2 Å². The Balaban J connectivity index is 1.96. The number of amides is 2. The van der Waals surface area contributed by atoms with Crippen molar-refractivity contribution in [3.63, 3.8) is 0 Å². The van der Waals surface area contributed by atoms with E-state index in [9.17, 15) is 9.59 Å². The topological polar surface area (TPSA) is 49.4 Å². The van der Waals surface area contributed by atoms with Crippen molar-refractivity contribution in [2.24, 2.45) is 11.8 Å². The number of benzene rings is 1. The van der Waals surface area contributed by atoms with Crippen molar-refractivity contribution in [3.8, 4) is 0 Å². The summed E-state index contributed by atoms with van der Waals surface area (Å²) in [7, 11) is 0. The van der Waals surface area contributed by atoms with Crippen LogP contribution >= 0.6 is 0 Å². The molecular formula is C17H22N2O2. The van der Waals surface area contributed by atoms with Gasteiger partial charge in [0.2, 0.25) is 5.91 Å². The number of para-hydroxylation sites is 1. The zero-order chi connectivity index (χ0) is 15.0. The van der Waals surface area contributed by atoms with Gasteiger partial charge in [-0.2, -0.15) is 0 Å². The molecular weight excluding hydrogens is 264 g/mol. The molecule has 0 saturated heterocycles. The van der Waals surface area contributed by atoms with Crippen molar-refractivity contribution in [1.82, 2.24) is 5.32 Å². The van der Waals surface area contributed by atoms with Crippen LogP contribution in [0.2, 0.25) is 0 Å². The molecule has 1 atom stereocenters. The Morgan fingerprint density at radius 1 is 1.24 bits per heavy atom. The van der Waals surface area contributed by atoms with E-state index >= 15 is 0 Å². The molecule has 4 heteroatoms. The molecule has 1 N–H and O–H groups in total. The Hall–Kier alpha value is -1.84. The zero-order valence-electron chi connectivity index (χ0n) is 12.6. The van der Waals surface area contributed by atoms with E-state index in [-0.39, 0.29) is 17.7 Å². The molecule has 1 aromatic rings. The monoisotopic (exact) mass is 286 g/mol. The maximum absolute atomic E-state index is 12.8. The van der Waals surface area contributed by atoms with Crippen LogP contribution in [0.1, 0.15) is 43.5 Å². The van der Waals surface area contributed by atoms with Crippen LogP contribution in [-0.4, -0.2) is 24.4 Å². The summed E-state index contributed by atoms with van der Waals surface area (Å²) in [6.45, 7) is 4.65. The molecule has 1 aliphatic heterocycles. The molecule has 112 valence electrons. The summed E-state index contributed by atoms with van der Waals surface area (Å²) in [5, 5.41) is 2.89. The third-order valence-corrected chi connectivity index (χ3v) is 4.38. The maximum Gasteiger partial charge on any atom is 0.254 e. The molecule has 1 saturated carbocycles. The quantitative estimate of drug-likeness (QED) is 0.925. The van der Waals surface area contributed by atoms with Crippen molar-refractivity contribution in [1.29, 1.82) is 0 Å². The van der Waals surface area contributed by atoms with Gasteiger partial charge in [-0.25, -0.2) is 0 Å². The number of nitrogens with zero attached hydrogens (tertiary/aromatic N) is 1. The molecule has 21 heavy (non-hydrogen) atoms. The highest BCUT2D eigenvalue weighted by Gasteiger charge is 2.35. The SMILES string of the molecule is CC(C)C1NC(=O)c2ccccc2N(CCC2CC2)C1=O. The highest BCUT2D eigenvalue weighted by atomic mass is 16.2. The van der Waals surface area contributed by atoms with E-state index in [1.165, 1.54) is 12.8 Å². The molecule has 0 radical (unpaired) electrons. The molecule has 1 aromatic carbocycles. The fourth-order valence-corrected chi connectivity index (χ4v) is 2.87. The first-order valence-corrected chi connectivity index (χ1v) is 7.79. The Morgan fingerprint density at radius 2 is 1.95 bits per heavy atom. The van der Waals surface area contributed by atoms with E-state index in [1.54, 1.807) is 6.07 Å². The van der Waals surface area contributed by atoms with Crippen LogP contribution in [0.4, 0.5) is 5.69 Å². The van der Waals surface area contributed by atoms with Crippen molar-refractivity contribution in [2.75, 3.05) is 11.4 Å². The van der Waals surface area contributed by atoms with E-state index in [0.717, 1.165) is 18.0 Å². The predicted octanol–water partition coefficient (Wildman–Crippen LogP) is 2.59. The summed E-state index contributed by atoms with van der Waals surface area (Å²) in [4.78, 5) is 27.0. The summed E-state index contributed by atoms with van der Waals surface area (Å²) in [6, 6.07) is 6.97. The van der Waals surface area contributed by atoms with Crippen molar-refractivity contribution >= 4 is 17.5 Å². The Bertz CT molecular complexity index is 564. The van der Waals surface area contributed by atoms with Gasteiger partial charge in [-0.1, -0.05) is 38.8 Å². The number of fused-ring (bicyclic) bond motifs is 1. The lowest BCUT2D eigenvalue weighted by molar-refractivity contribution is -0.121. The van der Waals surface area contributed by atoms with Crippen LogP contribution in [0, 0.1) is 11.8 Å². The molecule has 0 aromatic heterocycles. The fourth-order valence-electron chi connectivity index (χ4n) is 2.87. The van der Waals surface area contributed by atoms with Gasteiger partial charge in [0.15, 0.2) is 0 Å². The molecule has 1 unspecified atom stereocenters. The van der Waals surface area contributed by atoms with E-state index < -0.39 is 6.04 Å². The second-order valence-corrected chi connectivity index (χ2v) is 6.43. The zero-order valence-corrected chi connectivity index (χ0v) is 12.6. The molecule has 0 spiro atoms. The van der Waals surface area contributed by atoms with Crippen LogP contribution in [-0.2, 0) is 4.79 Å². The summed E-state index contributed by atoms with van der Waals surface area (Å²) in [6.07, 6.45) is 3.57. The van der Waals surface area contributed by atoms with Gasteiger partial charge in [0, 0.05) is 6.54 Å². The van der Waals surface area contributed by atoms with E-state index in [0.29, 0.717) is 12.1 Å². The Morgan fingerprint density at radius 3 is 2.62 bits per heavy atom. The lowest BCUT2D eigenvalue weighted by Gasteiger charge is -2.27. The van der Waals surface area contributed by atoms with Gasteiger partial charge in [0.25, 0.3) is 5.91 Å². The summed E-state index contributed by atoms with van der Waals surface area (Å²) >= 11 is 0. The minimum Gasteiger partial charge on any atom is -0.340 e. The minimum absolute atomic E-state index is 0.0175. The first-order valence-electron chi connectivity index (χ1n) is 7.79. The number of rotatable bonds is 4. The van der Waals surface area contributed by atoms with Gasteiger partial charge in [-0.3, -0.25) is 9.59 Å². The largest absolute Gasteiger partial charge is 0.340 e. The lowest BCUT2D eigenvalue weighted by Crippen LogP contribution is -2.49. The second-order valence-electron chi connectivity index (χ2n) is 6.43. The minimum atomic E-state index is -0.441. The van der Waals surface area contributed by atoms with E-state index in [1.807, 2.05) is 36.9 Å². The lowest BCUT2D eigenvalue weighted by atomic mass is 10.0. The molecule has 1 fully saturated rings. The van der Waals surface area contributed by atoms with Gasteiger partial charge in [0.1, 0.15) is 6.04 Å². The highest BCUT2D eigenvalue weighted by molar-refractivity contribution is 6.11. The summed E-state index contributed by atoms with van der Waals surface area (Å²) in [5.41, 5.74) is 1.36. The van der Waals surface area contributed by atoms with Crippen LogP contribution in [0.5, 0.6) is 0 Å². The number of nitrogens with one attached hydrogen (secondary N) is 1. The molecule has 3 rings (SSSR count). The number of carbonyl (C=O) groups excluding carboxylic acids is 2. The second kappa shape index (κ2) is 5.51. The predicted molar refractivity (Wildman–Crippen MR) is 82.2 cm³/mol. The van der Waals surface area contributed by atoms with E-state index in [2.05, 4.69) is 5.32 Å². The summed E-state index contributed by atoms with van der Waals surface area (Å²) in [5.74, 6) is 0.712.